The van der Waals surface area contributed by atoms with E-state index in [0.717, 1.165) is 22.3 Å². The molecule has 1 aliphatic carbocycles. The molecule has 34 heavy (non-hydrogen) atoms. The number of fused-ring (bicyclic) bond motifs is 2. The van der Waals surface area contributed by atoms with Crippen LogP contribution < -0.4 is 9.80 Å². The predicted molar refractivity (Wildman–Crippen MR) is 127 cm³/mol. The standard InChI is InChI=1S/C25H26N4O5/c1-2-33-25(31)29-9-7-27(8-10-29)19-15-18(28-11-13-32-14-12-28)20-21-22(19)26-34-24(21)17-6-4-3-5-16(17)23(20)30/h3-6,15H,2,7-14H2,1H3. The number of carbonyl (C=O) groups is 2. The number of hydrogen-bond acceptors (Lipinski definition) is 8. The molecule has 1 amide bonds. The molecule has 0 unspecified atom stereocenters. The van der Waals surface area contributed by atoms with Gasteiger partial charge in [-0.25, -0.2) is 4.79 Å². The summed E-state index contributed by atoms with van der Waals surface area (Å²) in [5.74, 6) is 0.637. The van der Waals surface area contributed by atoms with Gasteiger partial charge in [-0.2, -0.15) is 0 Å². The van der Waals surface area contributed by atoms with Gasteiger partial charge in [-0.3, -0.25) is 4.79 Å². The lowest BCUT2D eigenvalue weighted by Gasteiger charge is -2.37. The number of piperazine rings is 1. The van der Waals surface area contributed by atoms with Crippen LogP contribution >= 0.6 is 0 Å². The second-order valence-corrected chi connectivity index (χ2v) is 8.67. The second-order valence-electron chi connectivity index (χ2n) is 8.67. The summed E-state index contributed by atoms with van der Waals surface area (Å²) in [7, 11) is 0. The zero-order chi connectivity index (χ0) is 23.2. The molecule has 0 spiro atoms. The third-order valence-electron chi connectivity index (χ3n) is 6.86. The van der Waals surface area contributed by atoms with Crippen LogP contribution in [0.5, 0.6) is 0 Å². The molecule has 2 aliphatic heterocycles. The molecule has 0 radical (unpaired) electrons. The van der Waals surface area contributed by atoms with Gasteiger partial charge in [-0.15, -0.1) is 0 Å². The van der Waals surface area contributed by atoms with Crippen molar-refractivity contribution in [3.63, 3.8) is 0 Å². The van der Waals surface area contributed by atoms with E-state index in [1.54, 1.807) is 4.90 Å². The van der Waals surface area contributed by atoms with Crippen LogP contribution in [0.15, 0.2) is 34.9 Å². The molecule has 0 N–H and O–H groups in total. The van der Waals surface area contributed by atoms with Gasteiger partial charge in [0.2, 0.25) is 0 Å². The van der Waals surface area contributed by atoms with Crippen LogP contribution in [0.4, 0.5) is 16.2 Å². The molecule has 176 valence electrons. The van der Waals surface area contributed by atoms with Gasteiger partial charge in [-0.1, -0.05) is 29.4 Å². The number of rotatable bonds is 3. The van der Waals surface area contributed by atoms with Crippen molar-refractivity contribution in [1.29, 1.82) is 0 Å². The molecule has 2 fully saturated rings. The van der Waals surface area contributed by atoms with Gasteiger partial charge >= 0.3 is 6.09 Å². The number of amides is 1. The number of morpholine rings is 1. The van der Waals surface area contributed by atoms with E-state index in [-0.39, 0.29) is 11.9 Å². The van der Waals surface area contributed by atoms with Crippen molar-refractivity contribution >= 4 is 34.2 Å². The molecule has 0 saturated carbocycles. The fraction of sp³-hybridized carbons (Fsp3) is 0.400. The Morgan fingerprint density at radius 1 is 1.00 bits per heavy atom. The van der Waals surface area contributed by atoms with Crippen molar-refractivity contribution in [2.24, 2.45) is 0 Å². The molecular formula is C25H26N4O5. The van der Waals surface area contributed by atoms with E-state index in [9.17, 15) is 9.59 Å². The van der Waals surface area contributed by atoms with Gasteiger partial charge in [-0.05, 0) is 13.0 Å². The average Bonchev–Trinajstić information content (AvgIpc) is 3.33. The van der Waals surface area contributed by atoms with Crippen LogP contribution in [0.3, 0.4) is 0 Å². The molecule has 3 heterocycles. The van der Waals surface area contributed by atoms with Gasteiger partial charge in [0.1, 0.15) is 5.52 Å². The van der Waals surface area contributed by atoms with Gasteiger partial charge in [0.05, 0.1) is 42.1 Å². The molecule has 3 aliphatic rings. The lowest BCUT2D eigenvalue weighted by molar-refractivity contribution is 0.103. The Bertz CT molecular complexity index is 1270. The predicted octanol–water partition coefficient (Wildman–Crippen LogP) is 3.15. The molecule has 2 aromatic carbocycles. The van der Waals surface area contributed by atoms with Crippen molar-refractivity contribution in [1.82, 2.24) is 10.1 Å². The van der Waals surface area contributed by atoms with Crippen LogP contribution in [0, 0.1) is 0 Å². The minimum absolute atomic E-state index is 0.00327. The second kappa shape index (κ2) is 8.32. The number of ketones is 1. The van der Waals surface area contributed by atoms with E-state index >= 15 is 0 Å². The molecule has 3 aromatic rings. The number of carbonyl (C=O) groups excluding carboxylic acids is 2. The van der Waals surface area contributed by atoms with Crippen LogP contribution in [0.2, 0.25) is 0 Å². The molecule has 0 bridgehead atoms. The molecule has 0 atom stereocenters. The first-order valence-corrected chi connectivity index (χ1v) is 11.8. The number of nitrogens with zero attached hydrogens (tertiary/aromatic N) is 4. The van der Waals surface area contributed by atoms with Gasteiger partial charge in [0, 0.05) is 50.4 Å². The fourth-order valence-corrected chi connectivity index (χ4v) is 5.16. The highest BCUT2D eigenvalue weighted by molar-refractivity contribution is 6.28. The Kier molecular flexibility index (Phi) is 5.13. The summed E-state index contributed by atoms with van der Waals surface area (Å²) in [6.45, 7) is 7.23. The van der Waals surface area contributed by atoms with Crippen LogP contribution in [-0.4, -0.2) is 81.0 Å². The Hall–Kier alpha value is -3.59. The maximum Gasteiger partial charge on any atom is 0.409 e. The lowest BCUT2D eigenvalue weighted by Crippen LogP contribution is -2.49. The Morgan fingerprint density at radius 3 is 2.44 bits per heavy atom. The maximum absolute atomic E-state index is 13.7. The number of hydrogen-bond donors (Lipinski definition) is 0. The highest BCUT2D eigenvalue weighted by Gasteiger charge is 2.35. The van der Waals surface area contributed by atoms with Crippen LogP contribution in [-0.2, 0) is 9.47 Å². The van der Waals surface area contributed by atoms with Crippen LogP contribution in [0.1, 0.15) is 22.8 Å². The summed E-state index contributed by atoms with van der Waals surface area (Å²) < 4.78 is 16.6. The average molecular weight is 463 g/mol. The molecule has 6 rings (SSSR count). The summed E-state index contributed by atoms with van der Waals surface area (Å²) in [4.78, 5) is 32.1. The molecule has 9 heteroatoms. The first kappa shape index (κ1) is 21.0. The van der Waals surface area contributed by atoms with Crippen molar-refractivity contribution in [2.45, 2.75) is 6.92 Å². The van der Waals surface area contributed by atoms with Crippen LogP contribution in [0.25, 0.3) is 22.2 Å². The first-order chi connectivity index (χ1) is 16.7. The topological polar surface area (TPSA) is 88.3 Å². The van der Waals surface area contributed by atoms with Gasteiger partial charge in [0.25, 0.3) is 0 Å². The van der Waals surface area contributed by atoms with E-state index in [1.165, 1.54) is 0 Å². The van der Waals surface area contributed by atoms with Crippen molar-refractivity contribution < 1.29 is 23.6 Å². The molecule has 1 aromatic heterocycles. The summed E-state index contributed by atoms with van der Waals surface area (Å²) in [6.07, 6.45) is -0.281. The third kappa shape index (κ3) is 3.22. The summed E-state index contributed by atoms with van der Waals surface area (Å²) >= 11 is 0. The number of aromatic nitrogens is 1. The zero-order valence-electron chi connectivity index (χ0n) is 19.1. The smallest absolute Gasteiger partial charge is 0.409 e. The van der Waals surface area contributed by atoms with E-state index in [4.69, 9.17) is 14.0 Å². The number of anilines is 2. The van der Waals surface area contributed by atoms with E-state index < -0.39 is 0 Å². The Morgan fingerprint density at radius 2 is 1.71 bits per heavy atom. The van der Waals surface area contributed by atoms with E-state index in [1.807, 2.05) is 31.2 Å². The Labute approximate surface area is 196 Å². The zero-order valence-corrected chi connectivity index (χ0v) is 19.1. The number of ether oxygens (including phenoxy) is 2. The number of benzene rings is 2. The monoisotopic (exact) mass is 462 g/mol. The van der Waals surface area contributed by atoms with Crippen molar-refractivity contribution in [3.05, 3.63) is 41.5 Å². The van der Waals surface area contributed by atoms with Gasteiger partial charge in [0.15, 0.2) is 11.5 Å². The molecule has 9 nitrogen and oxygen atoms in total. The quantitative estimate of drug-likeness (QED) is 0.459. The summed E-state index contributed by atoms with van der Waals surface area (Å²) in [5, 5.41) is 5.22. The summed E-state index contributed by atoms with van der Waals surface area (Å²) in [6, 6.07) is 9.62. The summed E-state index contributed by atoms with van der Waals surface area (Å²) in [5.41, 5.74) is 4.57. The van der Waals surface area contributed by atoms with Gasteiger partial charge < -0.3 is 28.7 Å². The third-order valence-corrected chi connectivity index (χ3v) is 6.86. The minimum atomic E-state index is -0.281. The largest absolute Gasteiger partial charge is 0.450 e. The normalized spacial score (nSPS) is 17.8. The van der Waals surface area contributed by atoms with E-state index in [2.05, 4.69) is 21.0 Å². The highest BCUT2D eigenvalue weighted by Crippen LogP contribution is 2.46. The first-order valence-electron chi connectivity index (χ1n) is 11.8. The highest BCUT2D eigenvalue weighted by atomic mass is 16.6. The van der Waals surface area contributed by atoms with Crippen molar-refractivity contribution in [3.8, 4) is 11.3 Å². The fourth-order valence-electron chi connectivity index (χ4n) is 5.16. The lowest BCUT2D eigenvalue weighted by atomic mass is 9.86. The maximum atomic E-state index is 13.7. The Balaban J connectivity index is 1.47. The SMILES string of the molecule is CCOC(=O)N1CCN(c2cc(N3CCOCC3)c3c4c(onc24)-c2ccccc2C3=O)CC1. The molecular weight excluding hydrogens is 436 g/mol. The minimum Gasteiger partial charge on any atom is -0.450 e. The molecule has 2 saturated heterocycles. The van der Waals surface area contributed by atoms with E-state index in [0.29, 0.717) is 81.5 Å². The van der Waals surface area contributed by atoms with Crippen molar-refractivity contribution in [2.75, 3.05) is 68.9 Å².